The van der Waals surface area contributed by atoms with Gasteiger partial charge in [0.1, 0.15) is 0 Å². The van der Waals surface area contributed by atoms with Crippen molar-refractivity contribution in [1.29, 1.82) is 0 Å². The number of esters is 1. The topological polar surface area (TPSA) is 84.5 Å². The van der Waals surface area contributed by atoms with Gasteiger partial charge in [-0.2, -0.15) is 0 Å². The van der Waals surface area contributed by atoms with Crippen LogP contribution in [0.1, 0.15) is 30.1 Å². The molecule has 0 aliphatic heterocycles. The normalized spacial score (nSPS) is 9.70. The summed E-state index contributed by atoms with van der Waals surface area (Å²) in [7, 11) is 1.27. The number of hydrogen-bond donors (Lipinski definition) is 2. The van der Waals surface area contributed by atoms with Crippen molar-refractivity contribution in [2.75, 3.05) is 19.0 Å². The summed E-state index contributed by atoms with van der Waals surface area (Å²) < 4.78 is 4.46. The van der Waals surface area contributed by atoms with Gasteiger partial charge in [0, 0.05) is 24.2 Å². The first-order valence-corrected chi connectivity index (χ1v) is 6.31. The lowest BCUT2D eigenvalue weighted by atomic mass is 10.2. The van der Waals surface area contributed by atoms with Crippen molar-refractivity contribution < 1.29 is 19.1 Å². The number of ether oxygens (including phenoxy) is 1. The summed E-state index contributed by atoms with van der Waals surface area (Å²) in [6, 6.07) is 6.61. The number of amides is 2. The van der Waals surface area contributed by atoms with E-state index in [-0.39, 0.29) is 24.7 Å². The maximum atomic E-state index is 11.7. The number of anilines is 1. The largest absolute Gasteiger partial charge is 0.469 e. The Bertz CT molecular complexity index is 500. The molecule has 6 heteroatoms. The molecule has 2 amide bonds. The van der Waals surface area contributed by atoms with Crippen molar-refractivity contribution in [3.05, 3.63) is 29.8 Å². The van der Waals surface area contributed by atoms with E-state index in [0.29, 0.717) is 17.8 Å². The van der Waals surface area contributed by atoms with Crippen molar-refractivity contribution in [3.63, 3.8) is 0 Å². The molecular formula is C14H18N2O4. The molecule has 108 valence electrons. The number of hydrogen-bond acceptors (Lipinski definition) is 4. The van der Waals surface area contributed by atoms with Crippen LogP contribution in [0.25, 0.3) is 0 Å². The lowest BCUT2D eigenvalue weighted by molar-refractivity contribution is -0.141. The van der Waals surface area contributed by atoms with Gasteiger partial charge >= 0.3 is 5.97 Å². The van der Waals surface area contributed by atoms with E-state index in [4.69, 9.17) is 0 Å². The molecule has 0 saturated carbocycles. The summed E-state index contributed by atoms with van der Waals surface area (Å²) in [5.41, 5.74) is 0.987. The second-order valence-corrected chi connectivity index (χ2v) is 4.06. The maximum absolute atomic E-state index is 11.7. The van der Waals surface area contributed by atoms with Gasteiger partial charge in [-0.15, -0.1) is 0 Å². The van der Waals surface area contributed by atoms with E-state index >= 15 is 0 Å². The lowest BCUT2D eigenvalue weighted by Gasteiger charge is -2.07. The summed E-state index contributed by atoms with van der Waals surface area (Å²) in [5, 5.41) is 5.31. The highest BCUT2D eigenvalue weighted by molar-refractivity contribution is 5.97. The molecule has 0 spiro atoms. The molecule has 0 radical (unpaired) electrons. The Morgan fingerprint density at radius 1 is 1.20 bits per heavy atom. The average molecular weight is 278 g/mol. The number of benzene rings is 1. The Hall–Kier alpha value is -2.37. The molecule has 0 aliphatic carbocycles. The van der Waals surface area contributed by atoms with Crippen LogP contribution in [0.2, 0.25) is 0 Å². The van der Waals surface area contributed by atoms with Crippen LogP contribution in [-0.2, 0) is 14.3 Å². The van der Waals surface area contributed by atoms with Gasteiger partial charge in [0.25, 0.3) is 5.91 Å². The minimum absolute atomic E-state index is 0.0261. The molecule has 0 heterocycles. The highest BCUT2D eigenvalue weighted by Crippen LogP contribution is 2.11. The molecule has 0 fully saturated rings. The number of carbonyl (C=O) groups is 3. The zero-order valence-corrected chi connectivity index (χ0v) is 11.6. The first kappa shape index (κ1) is 15.7. The zero-order valence-electron chi connectivity index (χ0n) is 11.6. The Labute approximate surface area is 117 Å². The standard InChI is InChI=1S/C14H18N2O4/c1-3-15-14(19)10-5-4-6-11(9-10)16-12(17)7-8-13(18)20-2/h4-6,9H,3,7-8H2,1-2H3,(H,15,19)(H,16,17). The van der Waals surface area contributed by atoms with E-state index in [1.54, 1.807) is 24.3 Å². The van der Waals surface area contributed by atoms with Crippen LogP contribution in [0.4, 0.5) is 5.69 Å². The molecule has 0 aliphatic rings. The second kappa shape index (κ2) is 7.93. The van der Waals surface area contributed by atoms with Crippen molar-refractivity contribution in [1.82, 2.24) is 5.32 Å². The molecule has 1 rings (SSSR count). The third-order valence-corrected chi connectivity index (χ3v) is 2.53. The fourth-order valence-corrected chi connectivity index (χ4v) is 1.54. The van der Waals surface area contributed by atoms with Crippen LogP contribution < -0.4 is 10.6 Å². The molecule has 0 saturated heterocycles. The highest BCUT2D eigenvalue weighted by Gasteiger charge is 2.09. The van der Waals surface area contributed by atoms with E-state index in [2.05, 4.69) is 15.4 Å². The Balaban J connectivity index is 2.59. The molecule has 0 unspecified atom stereocenters. The van der Waals surface area contributed by atoms with Gasteiger partial charge in [0.2, 0.25) is 5.91 Å². The molecule has 0 atom stereocenters. The minimum atomic E-state index is -0.434. The van der Waals surface area contributed by atoms with Gasteiger partial charge in [-0.1, -0.05) is 6.07 Å². The molecule has 2 N–H and O–H groups in total. The molecule has 6 nitrogen and oxygen atoms in total. The Morgan fingerprint density at radius 3 is 2.60 bits per heavy atom. The SMILES string of the molecule is CCNC(=O)c1cccc(NC(=O)CCC(=O)OC)c1. The molecule has 0 bridgehead atoms. The van der Waals surface area contributed by atoms with E-state index in [0.717, 1.165) is 0 Å². The molecule has 1 aromatic rings. The van der Waals surface area contributed by atoms with E-state index in [9.17, 15) is 14.4 Å². The average Bonchev–Trinajstić information content (AvgIpc) is 2.45. The summed E-state index contributed by atoms with van der Waals surface area (Å²) in [6.07, 6.45) is 0.0659. The zero-order chi connectivity index (χ0) is 15.0. The number of methoxy groups -OCH3 is 1. The quantitative estimate of drug-likeness (QED) is 0.769. The summed E-state index contributed by atoms with van der Waals surface area (Å²) in [4.78, 5) is 34.2. The summed E-state index contributed by atoms with van der Waals surface area (Å²) in [6.45, 7) is 2.37. The van der Waals surface area contributed by atoms with Crippen molar-refractivity contribution in [2.45, 2.75) is 19.8 Å². The number of carbonyl (C=O) groups excluding carboxylic acids is 3. The third kappa shape index (κ3) is 5.09. The van der Waals surface area contributed by atoms with Gasteiger partial charge < -0.3 is 15.4 Å². The van der Waals surface area contributed by atoms with Crippen LogP contribution in [0.15, 0.2) is 24.3 Å². The molecule has 0 aromatic heterocycles. The smallest absolute Gasteiger partial charge is 0.306 e. The third-order valence-electron chi connectivity index (χ3n) is 2.53. The molecule has 20 heavy (non-hydrogen) atoms. The monoisotopic (exact) mass is 278 g/mol. The van der Waals surface area contributed by atoms with Crippen LogP contribution in [0.3, 0.4) is 0 Å². The van der Waals surface area contributed by atoms with Gasteiger partial charge in [-0.05, 0) is 25.1 Å². The van der Waals surface area contributed by atoms with Gasteiger partial charge in [-0.3, -0.25) is 14.4 Å². The Morgan fingerprint density at radius 2 is 1.95 bits per heavy atom. The van der Waals surface area contributed by atoms with Crippen LogP contribution in [-0.4, -0.2) is 31.4 Å². The predicted octanol–water partition coefficient (Wildman–Crippen LogP) is 1.33. The number of rotatable bonds is 6. The van der Waals surface area contributed by atoms with Crippen molar-refractivity contribution >= 4 is 23.5 Å². The van der Waals surface area contributed by atoms with Crippen LogP contribution in [0.5, 0.6) is 0 Å². The van der Waals surface area contributed by atoms with Gasteiger partial charge in [0.15, 0.2) is 0 Å². The van der Waals surface area contributed by atoms with Gasteiger partial charge in [-0.25, -0.2) is 0 Å². The van der Waals surface area contributed by atoms with Crippen molar-refractivity contribution in [2.24, 2.45) is 0 Å². The highest BCUT2D eigenvalue weighted by atomic mass is 16.5. The first-order valence-electron chi connectivity index (χ1n) is 6.31. The fraction of sp³-hybridized carbons (Fsp3) is 0.357. The predicted molar refractivity (Wildman–Crippen MR) is 74.3 cm³/mol. The van der Waals surface area contributed by atoms with Gasteiger partial charge in [0.05, 0.1) is 13.5 Å². The van der Waals surface area contributed by atoms with Crippen LogP contribution >= 0.6 is 0 Å². The number of nitrogens with one attached hydrogen (secondary N) is 2. The van der Waals surface area contributed by atoms with Crippen molar-refractivity contribution in [3.8, 4) is 0 Å². The van der Waals surface area contributed by atoms with E-state index in [1.165, 1.54) is 7.11 Å². The second-order valence-electron chi connectivity index (χ2n) is 4.06. The maximum Gasteiger partial charge on any atom is 0.306 e. The fourth-order valence-electron chi connectivity index (χ4n) is 1.54. The first-order chi connectivity index (χ1) is 9.56. The van der Waals surface area contributed by atoms with E-state index < -0.39 is 5.97 Å². The lowest BCUT2D eigenvalue weighted by Crippen LogP contribution is -2.22. The van der Waals surface area contributed by atoms with Crippen LogP contribution in [0, 0.1) is 0 Å². The Kier molecular flexibility index (Phi) is 6.22. The molecule has 1 aromatic carbocycles. The van der Waals surface area contributed by atoms with E-state index in [1.807, 2.05) is 6.92 Å². The summed E-state index contributed by atoms with van der Waals surface area (Å²) in [5.74, 6) is -0.933. The minimum Gasteiger partial charge on any atom is -0.469 e. The summed E-state index contributed by atoms with van der Waals surface area (Å²) >= 11 is 0. The molecular weight excluding hydrogens is 260 g/mol.